The van der Waals surface area contributed by atoms with E-state index in [1.807, 2.05) is 17.8 Å². The molecule has 0 saturated heterocycles. The number of benzene rings is 1. The van der Waals surface area contributed by atoms with Crippen molar-refractivity contribution < 1.29 is 0 Å². The van der Waals surface area contributed by atoms with Crippen molar-refractivity contribution in [1.29, 1.82) is 5.41 Å². The maximum absolute atomic E-state index is 8.29. The summed E-state index contributed by atoms with van der Waals surface area (Å²) < 4.78 is 0. The molecule has 0 amide bonds. The largest absolute Gasteiger partial charge is 0.349 e. The summed E-state index contributed by atoms with van der Waals surface area (Å²) in [6, 6.07) is 8.95. The van der Waals surface area contributed by atoms with E-state index in [1.54, 1.807) is 0 Å². The van der Waals surface area contributed by atoms with Gasteiger partial charge in [0.15, 0.2) is 0 Å². The summed E-state index contributed by atoms with van der Waals surface area (Å²) >= 11 is 1.98. The first kappa shape index (κ1) is 11.1. The molecule has 2 nitrogen and oxygen atoms in total. The summed E-state index contributed by atoms with van der Waals surface area (Å²) in [7, 11) is 0. The fourth-order valence-electron chi connectivity index (χ4n) is 3.03. The summed E-state index contributed by atoms with van der Waals surface area (Å²) in [5.41, 5.74) is 2.46. The fourth-order valence-corrected chi connectivity index (χ4v) is 3.82. The van der Waals surface area contributed by atoms with Crippen molar-refractivity contribution in [2.75, 3.05) is 6.26 Å². The number of nitrogens with zero attached hydrogens (tertiary/aromatic N) is 1. The molecule has 1 fully saturated rings. The lowest BCUT2D eigenvalue weighted by Gasteiger charge is -2.25. The molecule has 0 spiro atoms. The number of thioether (sulfide) groups is 1. The lowest BCUT2D eigenvalue weighted by atomic mass is 10.1. The summed E-state index contributed by atoms with van der Waals surface area (Å²) in [5, 5.41) is 9.10. The topological polar surface area (TPSA) is 27.1 Å². The molecule has 1 aromatic carbocycles. The van der Waals surface area contributed by atoms with Gasteiger partial charge in [0.1, 0.15) is 5.84 Å². The zero-order valence-corrected chi connectivity index (χ0v) is 11.0. The quantitative estimate of drug-likeness (QED) is 0.868. The predicted molar refractivity (Wildman–Crippen MR) is 73.8 cm³/mol. The molecule has 90 valence electrons. The van der Waals surface area contributed by atoms with Crippen LogP contribution in [0.4, 0.5) is 0 Å². The van der Waals surface area contributed by atoms with Gasteiger partial charge in [-0.25, -0.2) is 0 Å². The van der Waals surface area contributed by atoms with Crippen LogP contribution in [-0.4, -0.2) is 28.3 Å². The van der Waals surface area contributed by atoms with Crippen LogP contribution in [0.15, 0.2) is 24.3 Å². The van der Waals surface area contributed by atoms with E-state index in [2.05, 4.69) is 29.4 Å². The van der Waals surface area contributed by atoms with Gasteiger partial charge in [-0.2, -0.15) is 11.8 Å². The number of hydrogen-bond donors (Lipinski definition) is 1. The minimum absolute atomic E-state index is 0.590. The van der Waals surface area contributed by atoms with E-state index in [-0.39, 0.29) is 0 Å². The zero-order chi connectivity index (χ0) is 11.8. The molecule has 3 rings (SSSR count). The molecule has 0 radical (unpaired) electrons. The first-order valence-corrected chi connectivity index (χ1v) is 7.54. The number of hydrogen-bond acceptors (Lipinski definition) is 2. The lowest BCUT2D eigenvalue weighted by Crippen LogP contribution is -2.33. The summed E-state index contributed by atoms with van der Waals surface area (Å²) in [6.07, 6.45) is 6.02. The van der Waals surface area contributed by atoms with Crippen molar-refractivity contribution in [3.63, 3.8) is 0 Å². The Kier molecular flexibility index (Phi) is 2.87. The molecule has 1 aliphatic heterocycles. The van der Waals surface area contributed by atoms with E-state index < -0.39 is 0 Å². The molecule has 1 aliphatic carbocycles. The van der Waals surface area contributed by atoms with Gasteiger partial charge in [-0.1, -0.05) is 24.3 Å². The molecule has 2 atom stereocenters. The first-order valence-electron chi connectivity index (χ1n) is 6.26. The Balaban J connectivity index is 1.78. The highest BCUT2D eigenvalue weighted by Crippen LogP contribution is 2.35. The minimum Gasteiger partial charge on any atom is -0.349 e. The smallest absolute Gasteiger partial charge is 0.128 e. The van der Waals surface area contributed by atoms with Gasteiger partial charge in [-0.05, 0) is 31.1 Å². The number of rotatable bonds is 2. The van der Waals surface area contributed by atoms with Crippen LogP contribution in [0.1, 0.15) is 30.4 Å². The average Bonchev–Trinajstić information content (AvgIpc) is 2.95. The Labute approximate surface area is 107 Å². The van der Waals surface area contributed by atoms with E-state index >= 15 is 0 Å². The molecule has 1 saturated carbocycles. The van der Waals surface area contributed by atoms with Crippen molar-refractivity contribution in [2.24, 2.45) is 0 Å². The summed E-state index contributed by atoms with van der Waals surface area (Å²) in [4.78, 5) is 2.31. The van der Waals surface area contributed by atoms with E-state index in [4.69, 9.17) is 5.41 Å². The number of nitrogens with one attached hydrogen (secondary N) is 1. The van der Waals surface area contributed by atoms with E-state index in [9.17, 15) is 0 Å². The molecule has 1 N–H and O–H groups in total. The van der Waals surface area contributed by atoms with Gasteiger partial charge < -0.3 is 4.90 Å². The molecule has 0 aromatic heterocycles. The van der Waals surface area contributed by atoms with Gasteiger partial charge in [0.25, 0.3) is 0 Å². The Bertz CT molecular complexity index is 444. The van der Waals surface area contributed by atoms with Crippen LogP contribution in [0, 0.1) is 5.41 Å². The van der Waals surface area contributed by atoms with Crippen LogP contribution in [0.25, 0.3) is 0 Å². The molecular formula is C14H18N2S. The highest BCUT2D eigenvalue weighted by molar-refractivity contribution is 7.99. The second-order valence-corrected chi connectivity index (χ2v) is 6.10. The fraction of sp³-hybridized carbons (Fsp3) is 0.500. The SMILES string of the molecule is CSC1CCC(N2Cc3ccccc3C2=N)C1. The van der Waals surface area contributed by atoms with E-state index in [0.717, 1.165) is 23.2 Å². The van der Waals surface area contributed by atoms with Gasteiger partial charge in [0.05, 0.1) is 0 Å². The number of fused-ring (bicyclic) bond motifs is 1. The van der Waals surface area contributed by atoms with Crippen LogP contribution in [0.5, 0.6) is 0 Å². The third kappa shape index (κ3) is 1.86. The third-order valence-electron chi connectivity index (χ3n) is 4.03. The Hall–Kier alpha value is -0.960. The zero-order valence-electron chi connectivity index (χ0n) is 10.1. The van der Waals surface area contributed by atoms with Gasteiger partial charge in [-0.3, -0.25) is 5.41 Å². The second kappa shape index (κ2) is 4.37. The van der Waals surface area contributed by atoms with E-state index in [0.29, 0.717) is 6.04 Å². The van der Waals surface area contributed by atoms with Gasteiger partial charge in [0.2, 0.25) is 0 Å². The molecule has 2 aliphatic rings. The second-order valence-electron chi connectivity index (χ2n) is 4.96. The Morgan fingerprint density at radius 1 is 1.29 bits per heavy atom. The van der Waals surface area contributed by atoms with E-state index in [1.165, 1.54) is 24.8 Å². The predicted octanol–water partition coefficient (Wildman–Crippen LogP) is 3.11. The average molecular weight is 246 g/mol. The maximum Gasteiger partial charge on any atom is 0.128 e. The van der Waals surface area contributed by atoms with Gasteiger partial charge in [0, 0.05) is 23.4 Å². The minimum atomic E-state index is 0.590. The van der Waals surface area contributed by atoms with Crippen molar-refractivity contribution in [3.05, 3.63) is 35.4 Å². The first-order chi connectivity index (χ1) is 8.29. The van der Waals surface area contributed by atoms with Crippen molar-refractivity contribution in [2.45, 2.75) is 37.1 Å². The van der Waals surface area contributed by atoms with Crippen molar-refractivity contribution in [1.82, 2.24) is 4.90 Å². The van der Waals surface area contributed by atoms with Crippen LogP contribution in [-0.2, 0) is 6.54 Å². The monoisotopic (exact) mass is 246 g/mol. The van der Waals surface area contributed by atoms with Crippen LogP contribution in [0.2, 0.25) is 0 Å². The molecule has 17 heavy (non-hydrogen) atoms. The normalized spacial score (nSPS) is 27.6. The van der Waals surface area contributed by atoms with Crippen LogP contribution >= 0.6 is 11.8 Å². The molecule has 0 bridgehead atoms. The van der Waals surface area contributed by atoms with Crippen molar-refractivity contribution in [3.8, 4) is 0 Å². The van der Waals surface area contributed by atoms with Gasteiger partial charge >= 0.3 is 0 Å². The van der Waals surface area contributed by atoms with Gasteiger partial charge in [-0.15, -0.1) is 0 Å². The Morgan fingerprint density at radius 3 is 2.82 bits per heavy atom. The molecule has 1 heterocycles. The highest BCUT2D eigenvalue weighted by atomic mass is 32.2. The van der Waals surface area contributed by atoms with Crippen LogP contribution < -0.4 is 0 Å². The summed E-state index contributed by atoms with van der Waals surface area (Å²) in [6.45, 7) is 0.945. The molecule has 2 unspecified atom stereocenters. The highest BCUT2D eigenvalue weighted by Gasteiger charge is 2.34. The third-order valence-corrected chi connectivity index (χ3v) is 5.13. The number of amidine groups is 1. The molecule has 3 heteroatoms. The maximum atomic E-state index is 8.29. The Morgan fingerprint density at radius 2 is 2.12 bits per heavy atom. The summed E-state index contributed by atoms with van der Waals surface area (Å²) in [5.74, 6) is 0.743. The molecule has 1 aromatic rings. The molecular weight excluding hydrogens is 228 g/mol. The van der Waals surface area contributed by atoms with Crippen molar-refractivity contribution >= 4 is 17.6 Å². The lowest BCUT2D eigenvalue weighted by molar-refractivity contribution is 0.319. The van der Waals surface area contributed by atoms with Crippen LogP contribution in [0.3, 0.4) is 0 Å². The standard InChI is InChI=1S/C14H18N2S/c1-17-12-7-6-11(8-12)16-9-10-4-2-3-5-13(10)14(16)15/h2-5,11-12,15H,6-9H2,1H3.